The number of carbonyl (C=O) groups is 1. The summed E-state index contributed by atoms with van der Waals surface area (Å²) in [6.07, 6.45) is 5.28. The van der Waals surface area contributed by atoms with E-state index in [0.717, 1.165) is 32.1 Å². The van der Waals surface area contributed by atoms with Gasteiger partial charge in [0.25, 0.3) is 0 Å². The lowest BCUT2D eigenvalue weighted by Crippen LogP contribution is -2.42. The molecule has 2 unspecified atom stereocenters. The molecule has 1 N–H and O–H groups in total. The van der Waals surface area contributed by atoms with Gasteiger partial charge in [-0.2, -0.15) is 0 Å². The van der Waals surface area contributed by atoms with Crippen molar-refractivity contribution in [3.8, 4) is 0 Å². The average Bonchev–Trinajstić information content (AvgIpc) is 3.02. The number of nitrogens with zero attached hydrogens (tertiary/aromatic N) is 1. The lowest BCUT2D eigenvalue weighted by Gasteiger charge is -2.27. The van der Waals surface area contributed by atoms with Gasteiger partial charge in [-0.1, -0.05) is 6.92 Å². The van der Waals surface area contributed by atoms with Crippen LogP contribution < -0.4 is 5.32 Å². The molecule has 104 valence electrons. The molecule has 4 nitrogen and oxygen atoms in total. The molecule has 18 heavy (non-hydrogen) atoms. The summed E-state index contributed by atoms with van der Waals surface area (Å²) in [5.74, 6) is 0.765. The van der Waals surface area contributed by atoms with Gasteiger partial charge in [0.05, 0.1) is 13.0 Å². The number of carbonyl (C=O) groups excluding carboxylic acids is 1. The van der Waals surface area contributed by atoms with E-state index >= 15 is 0 Å². The third kappa shape index (κ3) is 4.25. The van der Waals surface area contributed by atoms with Crippen molar-refractivity contribution in [1.82, 2.24) is 10.2 Å². The minimum atomic E-state index is -0.0878. The maximum absolute atomic E-state index is 11.5. The van der Waals surface area contributed by atoms with Crippen LogP contribution in [0.25, 0.3) is 0 Å². The third-order valence-corrected chi connectivity index (χ3v) is 3.99. The Hall–Kier alpha value is -0.610. The van der Waals surface area contributed by atoms with Crippen LogP contribution in [0, 0.1) is 11.8 Å². The fraction of sp³-hybridized carbons (Fsp3) is 0.929. The van der Waals surface area contributed by atoms with Crippen molar-refractivity contribution in [2.24, 2.45) is 11.8 Å². The van der Waals surface area contributed by atoms with Crippen LogP contribution in [0.5, 0.6) is 0 Å². The molecule has 1 saturated carbocycles. The van der Waals surface area contributed by atoms with Gasteiger partial charge in [0.2, 0.25) is 0 Å². The Balaban J connectivity index is 1.80. The quantitative estimate of drug-likeness (QED) is 0.695. The van der Waals surface area contributed by atoms with Gasteiger partial charge in [0, 0.05) is 25.7 Å². The first-order chi connectivity index (χ1) is 8.69. The predicted molar refractivity (Wildman–Crippen MR) is 71.4 cm³/mol. The molecule has 2 rings (SSSR count). The van der Waals surface area contributed by atoms with E-state index in [2.05, 4.69) is 10.2 Å². The van der Waals surface area contributed by atoms with Crippen molar-refractivity contribution in [3.05, 3.63) is 0 Å². The van der Waals surface area contributed by atoms with Crippen LogP contribution in [0.1, 0.15) is 32.6 Å². The van der Waals surface area contributed by atoms with Crippen molar-refractivity contribution in [2.45, 2.75) is 38.6 Å². The number of nitrogens with one attached hydrogen (secondary N) is 1. The first kappa shape index (κ1) is 13.8. The van der Waals surface area contributed by atoms with E-state index in [1.807, 2.05) is 6.92 Å². The summed E-state index contributed by atoms with van der Waals surface area (Å²) in [4.78, 5) is 14.0. The molecule has 1 saturated heterocycles. The number of ether oxygens (including phenoxy) is 1. The van der Waals surface area contributed by atoms with Crippen LogP contribution in [-0.4, -0.2) is 50.2 Å². The summed E-state index contributed by atoms with van der Waals surface area (Å²) in [5, 5.41) is 3.54. The Kier molecular flexibility index (Phi) is 5.01. The maximum atomic E-state index is 11.5. The van der Waals surface area contributed by atoms with E-state index in [-0.39, 0.29) is 11.9 Å². The fourth-order valence-corrected chi connectivity index (χ4v) is 2.78. The number of hydrogen-bond acceptors (Lipinski definition) is 4. The highest BCUT2D eigenvalue weighted by molar-refractivity contribution is 5.72. The second kappa shape index (κ2) is 6.53. The van der Waals surface area contributed by atoms with E-state index in [1.165, 1.54) is 32.8 Å². The van der Waals surface area contributed by atoms with Gasteiger partial charge < -0.3 is 15.0 Å². The molecule has 2 aliphatic rings. The van der Waals surface area contributed by atoms with Gasteiger partial charge in [-0.3, -0.25) is 4.79 Å². The SMILES string of the molecule is COC(=O)C(C)CN(CC1CC1)CC1CCCN1. The first-order valence-electron chi connectivity index (χ1n) is 7.22. The van der Waals surface area contributed by atoms with E-state index < -0.39 is 0 Å². The zero-order valence-corrected chi connectivity index (χ0v) is 11.7. The molecular weight excluding hydrogens is 228 g/mol. The molecule has 0 aromatic carbocycles. The second-order valence-corrected chi connectivity index (χ2v) is 5.88. The molecule has 2 fully saturated rings. The highest BCUT2D eigenvalue weighted by atomic mass is 16.5. The van der Waals surface area contributed by atoms with Gasteiger partial charge in [-0.25, -0.2) is 0 Å². The normalized spacial score (nSPS) is 25.4. The number of rotatable bonds is 7. The van der Waals surface area contributed by atoms with Crippen LogP contribution in [0.4, 0.5) is 0 Å². The minimum absolute atomic E-state index is 0.0184. The predicted octanol–water partition coefficient (Wildman–Crippen LogP) is 1.26. The van der Waals surface area contributed by atoms with Crippen LogP contribution in [-0.2, 0) is 9.53 Å². The van der Waals surface area contributed by atoms with Gasteiger partial charge in [-0.15, -0.1) is 0 Å². The molecule has 0 radical (unpaired) electrons. The van der Waals surface area contributed by atoms with Gasteiger partial charge in [0.15, 0.2) is 0 Å². The highest BCUT2D eigenvalue weighted by Crippen LogP contribution is 2.30. The summed E-state index contributed by atoms with van der Waals surface area (Å²) in [6, 6.07) is 0.619. The first-order valence-corrected chi connectivity index (χ1v) is 7.22. The average molecular weight is 254 g/mol. The highest BCUT2D eigenvalue weighted by Gasteiger charge is 2.28. The lowest BCUT2D eigenvalue weighted by molar-refractivity contribution is -0.145. The third-order valence-electron chi connectivity index (χ3n) is 3.99. The van der Waals surface area contributed by atoms with E-state index in [9.17, 15) is 4.79 Å². The number of hydrogen-bond donors (Lipinski definition) is 1. The molecule has 1 aliphatic carbocycles. The monoisotopic (exact) mass is 254 g/mol. The molecule has 0 amide bonds. The summed E-state index contributed by atoms with van der Waals surface area (Å²) < 4.78 is 4.82. The standard InChI is InChI=1S/C14H26N2O2/c1-11(14(17)18-2)8-16(9-12-5-6-12)10-13-4-3-7-15-13/h11-13,15H,3-10H2,1-2H3. The molecule has 0 spiro atoms. The van der Waals surface area contributed by atoms with Gasteiger partial charge in [-0.05, 0) is 38.1 Å². The van der Waals surface area contributed by atoms with Gasteiger partial charge in [0.1, 0.15) is 0 Å². The summed E-state index contributed by atoms with van der Waals surface area (Å²) in [7, 11) is 1.47. The molecule has 1 aliphatic heterocycles. The van der Waals surface area contributed by atoms with Crippen LogP contribution >= 0.6 is 0 Å². The van der Waals surface area contributed by atoms with Crippen LogP contribution in [0.3, 0.4) is 0 Å². The summed E-state index contributed by atoms with van der Waals surface area (Å²) in [5.41, 5.74) is 0. The molecule has 1 heterocycles. The van der Waals surface area contributed by atoms with Crippen molar-refractivity contribution >= 4 is 5.97 Å². The Morgan fingerprint density at radius 1 is 1.39 bits per heavy atom. The Bertz CT molecular complexity index is 273. The lowest BCUT2D eigenvalue weighted by atomic mass is 10.1. The number of methoxy groups -OCH3 is 1. The number of esters is 1. The Morgan fingerprint density at radius 2 is 2.17 bits per heavy atom. The zero-order valence-electron chi connectivity index (χ0n) is 11.7. The molecule has 2 atom stereocenters. The zero-order chi connectivity index (χ0) is 13.0. The van der Waals surface area contributed by atoms with E-state index in [4.69, 9.17) is 4.74 Å². The van der Waals surface area contributed by atoms with Gasteiger partial charge >= 0.3 is 5.97 Å². The topological polar surface area (TPSA) is 41.6 Å². The molecular formula is C14H26N2O2. The molecule has 0 aromatic heterocycles. The molecule has 4 heteroatoms. The smallest absolute Gasteiger partial charge is 0.309 e. The molecule has 0 bridgehead atoms. The Labute approximate surface area is 110 Å². The Morgan fingerprint density at radius 3 is 2.72 bits per heavy atom. The summed E-state index contributed by atoms with van der Waals surface area (Å²) >= 11 is 0. The van der Waals surface area contributed by atoms with Crippen LogP contribution in [0.15, 0.2) is 0 Å². The maximum Gasteiger partial charge on any atom is 0.309 e. The fourth-order valence-electron chi connectivity index (χ4n) is 2.78. The summed E-state index contributed by atoms with van der Waals surface area (Å²) in [6.45, 7) is 6.18. The van der Waals surface area contributed by atoms with E-state index in [1.54, 1.807) is 0 Å². The second-order valence-electron chi connectivity index (χ2n) is 5.88. The largest absolute Gasteiger partial charge is 0.469 e. The van der Waals surface area contributed by atoms with Crippen molar-refractivity contribution in [2.75, 3.05) is 33.3 Å². The van der Waals surface area contributed by atoms with Crippen molar-refractivity contribution in [1.29, 1.82) is 0 Å². The van der Waals surface area contributed by atoms with Crippen LogP contribution in [0.2, 0.25) is 0 Å². The molecule has 0 aromatic rings. The van der Waals surface area contributed by atoms with Crippen molar-refractivity contribution < 1.29 is 9.53 Å². The minimum Gasteiger partial charge on any atom is -0.469 e. The van der Waals surface area contributed by atoms with E-state index in [0.29, 0.717) is 6.04 Å². The van der Waals surface area contributed by atoms with Crippen molar-refractivity contribution in [3.63, 3.8) is 0 Å².